The maximum absolute atomic E-state index is 11.1. The molecule has 0 radical (unpaired) electrons. The molecule has 0 aliphatic heterocycles. The molecule has 1 heteroatoms. The summed E-state index contributed by atoms with van der Waals surface area (Å²) in [5.41, 5.74) is 1.02. The molecule has 0 saturated heterocycles. The number of hydrogen-bond donors (Lipinski definition) is 0. The second-order valence-electron chi connectivity index (χ2n) is 3.15. The van der Waals surface area contributed by atoms with Crippen molar-refractivity contribution in [1.29, 1.82) is 0 Å². The van der Waals surface area contributed by atoms with Crippen LogP contribution in [0.15, 0.2) is 11.6 Å². The molecule has 70 valence electrons. The lowest BCUT2D eigenvalue weighted by Gasteiger charge is -2.01. The topological polar surface area (TPSA) is 17.1 Å². The third kappa shape index (κ3) is 5.11. The van der Waals surface area contributed by atoms with E-state index in [1.165, 1.54) is 12.8 Å². The Bertz CT molecular complexity index is 156. The van der Waals surface area contributed by atoms with E-state index >= 15 is 0 Å². The Labute approximate surface area is 75.9 Å². The Balaban J connectivity index is 3.81. The lowest BCUT2D eigenvalue weighted by atomic mass is 10.0. The van der Waals surface area contributed by atoms with Gasteiger partial charge in [0, 0.05) is 0 Å². The Kier molecular flexibility index (Phi) is 6.73. The number of rotatable bonds is 6. The summed E-state index contributed by atoms with van der Waals surface area (Å²) in [6.45, 7) is 5.91. The highest BCUT2D eigenvalue weighted by atomic mass is 16.1. The normalized spacial score (nSPS) is 11.8. The van der Waals surface area contributed by atoms with Gasteiger partial charge in [0.2, 0.25) is 0 Å². The highest BCUT2D eigenvalue weighted by molar-refractivity contribution is 5.93. The second kappa shape index (κ2) is 7.08. The minimum Gasteiger partial charge on any atom is -0.295 e. The highest BCUT2D eigenvalue weighted by Gasteiger charge is 2.01. The van der Waals surface area contributed by atoms with E-state index in [4.69, 9.17) is 0 Å². The van der Waals surface area contributed by atoms with Gasteiger partial charge in [-0.1, -0.05) is 32.8 Å². The largest absolute Gasteiger partial charge is 0.295 e. The van der Waals surface area contributed by atoms with Crippen molar-refractivity contribution in [2.75, 3.05) is 0 Å². The van der Waals surface area contributed by atoms with E-state index in [2.05, 4.69) is 19.9 Å². The van der Waals surface area contributed by atoms with Gasteiger partial charge in [0.1, 0.15) is 0 Å². The summed E-state index contributed by atoms with van der Waals surface area (Å²) in [6.07, 6.45) is 7.60. The first-order valence-electron chi connectivity index (χ1n) is 4.92. The molecule has 0 aromatic heterocycles. The van der Waals surface area contributed by atoms with Crippen LogP contribution in [0.1, 0.15) is 52.9 Å². The van der Waals surface area contributed by atoms with Gasteiger partial charge >= 0.3 is 0 Å². The monoisotopic (exact) mass is 168 g/mol. The standard InChI is InChI=1S/C11H20O/c1-4-6-7-9-11(8-5-2)10(3)12/h8H,4-7,9H2,1-3H3/b11-8+. The van der Waals surface area contributed by atoms with Gasteiger partial charge in [-0.25, -0.2) is 0 Å². The maximum atomic E-state index is 11.1. The van der Waals surface area contributed by atoms with E-state index in [1.807, 2.05) is 0 Å². The van der Waals surface area contributed by atoms with Crippen molar-refractivity contribution in [1.82, 2.24) is 0 Å². The van der Waals surface area contributed by atoms with Crippen LogP contribution in [0, 0.1) is 0 Å². The van der Waals surface area contributed by atoms with Crippen molar-refractivity contribution in [3.05, 3.63) is 11.6 Å². The van der Waals surface area contributed by atoms with E-state index in [-0.39, 0.29) is 5.78 Å². The Morgan fingerprint density at radius 1 is 1.25 bits per heavy atom. The van der Waals surface area contributed by atoms with Crippen molar-refractivity contribution < 1.29 is 4.79 Å². The SMILES string of the molecule is CC/C=C(\CCCCC)C(C)=O. The minimum absolute atomic E-state index is 0.243. The summed E-state index contributed by atoms with van der Waals surface area (Å²) < 4.78 is 0. The molecule has 0 N–H and O–H groups in total. The fraction of sp³-hybridized carbons (Fsp3) is 0.727. The first-order valence-corrected chi connectivity index (χ1v) is 4.92. The lowest BCUT2D eigenvalue weighted by Crippen LogP contribution is -1.96. The summed E-state index contributed by atoms with van der Waals surface area (Å²) in [5, 5.41) is 0. The third-order valence-electron chi connectivity index (χ3n) is 1.95. The van der Waals surface area contributed by atoms with Gasteiger partial charge in [0.25, 0.3) is 0 Å². The Morgan fingerprint density at radius 3 is 2.33 bits per heavy atom. The molecule has 0 aliphatic rings. The van der Waals surface area contributed by atoms with Gasteiger partial charge in [0.05, 0.1) is 0 Å². The number of hydrogen-bond acceptors (Lipinski definition) is 1. The van der Waals surface area contributed by atoms with E-state index in [0.29, 0.717) is 0 Å². The van der Waals surface area contributed by atoms with Crippen LogP contribution in [0.4, 0.5) is 0 Å². The fourth-order valence-corrected chi connectivity index (χ4v) is 1.23. The van der Waals surface area contributed by atoms with E-state index in [9.17, 15) is 4.79 Å². The summed E-state index contributed by atoms with van der Waals surface area (Å²) >= 11 is 0. The number of ketones is 1. The van der Waals surface area contributed by atoms with Crippen LogP contribution in [0.25, 0.3) is 0 Å². The number of unbranched alkanes of at least 4 members (excludes halogenated alkanes) is 2. The first kappa shape index (κ1) is 11.4. The number of carbonyl (C=O) groups excluding carboxylic acids is 1. The zero-order valence-electron chi connectivity index (χ0n) is 8.52. The number of Topliss-reactive ketones (excluding diaryl/α,β-unsaturated/α-hetero) is 1. The van der Waals surface area contributed by atoms with Gasteiger partial charge < -0.3 is 0 Å². The van der Waals surface area contributed by atoms with Gasteiger partial charge in [-0.15, -0.1) is 0 Å². The summed E-state index contributed by atoms with van der Waals surface area (Å²) in [5.74, 6) is 0.243. The molecule has 0 aromatic rings. The molecule has 0 aliphatic carbocycles. The molecule has 1 nitrogen and oxygen atoms in total. The average molecular weight is 168 g/mol. The van der Waals surface area contributed by atoms with Gasteiger partial charge in [0.15, 0.2) is 5.78 Å². The molecule has 0 aromatic carbocycles. The molecule has 0 spiro atoms. The molecule has 0 fully saturated rings. The number of carbonyl (C=O) groups is 1. The molecule has 0 amide bonds. The zero-order valence-corrected chi connectivity index (χ0v) is 8.52. The van der Waals surface area contributed by atoms with E-state index in [1.54, 1.807) is 6.92 Å². The summed E-state index contributed by atoms with van der Waals surface area (Å²) in [7, 11) is 0. The van der Waals surface area contributed by atoms with E-state index < -0.39 is 0 Å². The minimum atomic E-state index is 0.243. The molecule has 0 atom stereocenters. The van der Waals surface area contributed by atoms with Crippen LogP contribution in [-0.4, -0.2) is 5.78 Å². The van der Waals surface area contributed by atoms with Crippen LogP contribution in [0.3, 0.4) is 0 Å². The van der Waals surface area contributed by atoms with Crippen molar-refractivity contribution in [3.8, 4) is 0 Å². The van der Waals surface area contributed by atoms with E-state index in [0.717, 1.165) is 24.8 Å². The van der Waals surface area contributed by atoms with Crippen LogP contribution in [0.5, 0.6) is 0 Å². The zero-order chi connectivity index (χ0) is 9.40. The number of allylic oxidation sites excluding steroid dienone is 2. The molecule has 0 unspecified atom stereocenters. The molecular weight excluding hydrogens is 148 g/mol. The van der Waals surface area contributed by atoms with Crippen molar-refractivity contribution in [2.45, 2.75) is 52.9 Å². The van der Waals surface area contributed by atoms with Crippen molar-refractivity contribution >= 4 is 5.78 Å². The van der Waals surface area contributed by atoms with Crippen molar-refractivity contribution in [2.24, 2.45) is 0 Å². The van der Waals surface area contributed by atoms with Crippen LogP contribution >= 0.6 is 0 Å². The molecule has 12 heavy (non-hydrogen) atoms. The average Bonchev–Trinajstić information content (AvgIpc) is 2.03. The fourth-order valence-electron chi connectivity index (χ4n) is 1.23. The molecule has 0 saturated carbocycles. The third-order valence-corrected chi connectivity index (χ3v) is 1.95. The Hall–Kier alpha value is -0.590. The Morgan fingerprint density at radius 2 is 1.92 bits per heavy atom. The lowest BCUT2D eigenvalue weighted by molar-refractivity contribution is -0.113. The molecule has 0 bridgehead atoms. The maximum Gasteiger partial charge on any atom is 0.155 e. The van der Waals surface area contributed by atoms with Crippen molar-refractivity contribution in [3.63, 3.8) is 0 Å². The van der Waals surface area contributed by atoms with Gasteiger partial charge in [-0.05, 0) is 31.8 Å². The summed E-state index contributed by atoms with van der Waals surface area (Å²) in [6, 6.07) is 0. The van der Waals surface area contributed by atoms with Crippen LogP contribution in [0.2, 0.25) is 0 Å². The quantitative estimate of drug-likeness (QED) is 0.438. The summed E-state index contributed by atoms with van der Waals surface area (Å²) in [4.78, 5) is 11.1. The predicted octanol–water partition coefficient (Wildman–Crippen LogP) is 3.49. The van der Waals surface area contributed by atoms with Gasteiger partial charge in [-0.2, -0.15) is 0 Å². The molecule has 0 rings (SSSR count). The smallest absolute Gasteiger partial charge is 0.155 e. The molecular formula is C11H20O. The van der Waals surface area contributed by atoms with Gasteiger partial charge in [-0.3, -0.25) is 4.79 Å². The predicted molar refractivity (Wildman–Crippen MR) is 53.2 cm³/mol. The highest BCUT2D eigenvalue weighted by Crippen LogP contribution is 2.10. The second-order valence-corrected chi connectivity index (χ2v) is 3.15. The van der Waals surface area contributed by atoms with Crippen LogP contribution in [-0.2, 0) is 4.79 Å². The molecule has 0 heterocycles. The first-order chi connectivity index (χ1) is 5.72. The van der Waals surface area contributed by atoms with Crippen LogP contribution < -0.4 is 0 Å².